The normalized spacial score (nSPS) is 10.7. The van der Waals surface area contributed by atoms with Crippen molar-refractivity contribution in [2.45, 2.75) is 0 Å². The van der Waals surface area contributed by atoms with Gasteiger partial charge < -0.3 is 5.11 Å². The van der Waals surface area contributed by atoms with E-state index in [9.17, 15) is 4.79 Å². The lowest BCUT2D eigenvalue weighted by Crippen LogP contribution is -1.98. The molecule has 20 heavy (non-hydrogen) atoms. The van der Waals surface area contributed by atoms with E-state index in [2.05, 4.69) is 10.3 Å². The number of hydrogen-bond acceptors (Lipinski definition) is 3. The molecule has 2 rings (SSSR count). The second-order valence-corrected chi connectivity index (χ2v) is 4.47. The number of carbonyl (C=O) groups is 1. The van der Waals surface area contributed by atoms with E-state index in [1.807, 2.05) is 38.4 Å². The lowest BCUT2D eigenvalue weighted by atomic mass is 10.0. The molecule has 1 N–H and O–H groups in total. The van der Waals surface area contributed by atoms with Crippen LogP contribution in [0.1, 0.15) is 10.4 Å². The van der Waals surface area contributed by atoms with Gasteiger partial charge in [0.25, 0.3) is 0 Å². The molecule has 0 saturated carbocycles. The quantitative estimate of drug-likeness (QED) is 0.681. The van der Waals surface area contributed by atoms with E-state index in [-0.39, 0.29) is 5.56 Å². The van der Waals surface area contributed by atoms with Crippen LogP contribution in [0, 0.1) is 0 Å². The highest BCUT2D eigenvalue weighted by molar-refractivity contribution is 5.88. The van der Waals surface area contributed by atoms with E-state index >= 15 is 0 Å². The smallest absolute Gasteiger partial charge is 0.335 e. The average Bonchev–Trinajstić information content (AvgIpc) is 2.46. The summed E-state index contributed by atoms with van der Waals surface area (Å²) in [5.41, 5.74) is 3.02. The molecule has 0 unspecified atom stereocenters. The van der Waals surface area contributed by atoms with Gasteiger partial charge in [-0.05, 0) is 35.4 Å². The van der Waals surface area contributed by atoms with Crippen molar-refractivity contribution in [3.8, 4) is 11.1 Å². The molecule has 0 aliphatic carbocycles. The van der Waals surface area contributed by atoms with Crippen LogP contribution < -0.4 is 0 Å². The molecule has 0 amide bonds. The minimum atomic E-state index is -0.920. The Hall–Kier alpha value is -2.69. The fraction of sp³-hybridized carbons (Fsp3) is 0.133. The summed E-state index contributed by atoms with van der Waals surface area (Å²) in [6, 6.07) is 14.4. The summed E-state index contributed by atoms with van der Waals surface area (Å²) in [7, 11) is 3.61. The Morgan fingerprint density at radius 1 is 0.950 bits per heavy atom. The predicted octanol–water partition coefficient (Wildman–Crippen LogP) is 3.61. The summed E-state index contributed by atoms with van der Waals surface area (Å²) >= 11 is 0. The van der Waals surface area contributed by atoms with Crippen molar-refractivity contribution in [1.82, 2.24) is 5.01 Å². The Bertz CT molecular complexity index is 617. The second-order valence-electron chi connectivity index (χ2n) is 4.47. The fourth-order valence-electron chi connectivity index (χ4n) is 1.67. The highest BCUT2D eigenvalue weighted by Gasteiger charge is 2.03. The van der Waals surface area contributed by atoms with Gasteiger partial charge in [0.15, 0.2) is 0 Å². The maximum absolute atomic E-state index is 10.8. The first-order chi connectivity index (χ1) is 9.56. The van der Waals surface area contributed by atoms with Gasteiger partial charge in [0.05, 0.1) is 11.3 Å². The third-order valence-corrected chi connectivity index (χ3v) is 2.67. The first-order valence-electron chi connectivity index (χ1n) is 6.09. The van der Waals surface area contributed by atoms with Crippen LogP contribution in [0.4, 0.5) is 5.69 Å². The third-order valence-electron chi connectivity index (χ3n) is 2.67. The molecule has 0 aliphatic heterocycles. The van der Waals surface area contributed by atoms with Crippen LogP contribution in [0.15, 0.2) is 58.9 Å². The first-order valence-corrected chi connectivity index (χ1v) is 6.09. The lowest BCUT2D eigenvalue weighted by Gasteiger charge is -2.03. The number of nitrogens with zero attached hydrogens (tertiary/aromatic N) is 3. The van der Waals surface area contributed by atoms with Gasteiger partial charge in [0.2, 0.25) is 0 Å². The molecular formula is C15H15N3O2. The van der Waals surface area contributed by atoms with Crippen LogP contribution in [0.3, 0.4) is 0 Å². The number of carboxylic acid groups (broad SMARTS) is 1. The number of hydrogen-bond donors (Lipinski definition) is 1. The van der Waals surface area contributed by atoms with Gasteiger partial charge in [-0.3, -0.25) is 5.01 Å². The molecule has 0 atom stereocenters. The van der Waals surface area contributed by atoms with Crippen LogP contribution in [0.5, 0.6) is 0 Å². The van der Waals surface area contributed by atoms with Crippen LogP contribution >= 0.6 is 0 Å². The van der Waals surface area contributed by atoms with Gasteiger partial charge in [0.1, 0.15) is 0 Å². The molecule has 0 saturated heterocycles. The fourth-order valence-corrected chi connectivity index (χ4v) is 1.67. The molecule has 0 spiro atoms. The van der Waals surface area contributed by atoms with Gasteiger partial charge in [-0.25, -0.2) is 4.79 Å². The second kappa shape index (κ2) is 5.97. The summed E-state index contributed by atoms with van der Waals surface area (Å²) in [5, 5.41) is 18.5. The lowest BCUT2D eigenvalue weighted by molar-refractivity contribution is 0.0697. The molecule has 0 aliphatic rings. The van der Waals surface area contributed by atoms with Crippen LogP contribution in [-0.2, 0) is 0 Å². The van der Waals surface area contributed by atoms with Crippen LogP contribution in [0.2, 0.25) is 0 Å². The number of aromatic carboxylic acids is 1. The van der Waals surface area contributed by atoms with Crippen molar-refractivity contribution in [2.24, 2.45) is 10.3 Å². The molecule has 2 aromatic carbocycles. The molecule has 5 nitrogen and oxygen atoms in total. The minimum absolute atomic E-state index is 0.283. The standard InChI is InChI=1S/C15H15N3O2/c1-18(2)17-16-14-9-7-12(8-10-14)11-3-5-13(6-4-11)15(19)20/h3-10H,1-2H3,(H,19,20). The largest absolute Gasteiger partial charge is 0.478 e. The van der Waals surface area contributed by atoms with Gasteiger partial charge in [-0.15, -0.1) is 5.11 Å². The monoisotopic (exact) mass is 269 g/mol. The van der Waals surface area contributed by atoms with Crippen LogP contribution in [-0.4, -0.2) is 30.2 Å². The van der Waals surface area contributed by atoms with Gasteiger partial charge in [0, 0.05) is 14.1 Å². The van der Waals surface area contributed by atoms with E-state index in [4.69, 9.17) is 5.11 Å². The van der Waals surface area contributed by atoms with E-state index in [1.54, 1.807) is 29.3 Å². The zero-order valence-corrected chi connectivity index (χ0v) is 11.3. The molecule has 0 heterocycles. The molecule has 5 heteroatoms. The average molecular weight is 269 g/mol. The van der Waals surface area contributed by atoms with E-state index in [1.165, 1.54) is 0 Å². The topological polar surface area (TPSA) is 65.3 Å². The Morgan fingerprint density at radius 2 is 1.45 bits per heavy atom. The molecule has 0 bridgehead atoms. The van der Waals surface area contributed by atoms with Crippen molar-refractivity contribution in [2.75, 3.05) is 14.1 Å². The summed E-state index contributed by atoms with van der Waals surface area (Å²) in [5.74, 6) is -0.920. The number of carboxylic acids is 1. The maximum atomic E-state index is 10.8. The Labute approximate surface area is 117 Å². The van der Waals surface area contributed by atoms with E-state index in [0.29, 0.717) is 0 Å². The Kier molecular flexibility index (Phi) is 4.10. The highest BCUT2D eigenvalue weighted by Crippen LogP contribution is 2.23. The summed E-state index contributed by atoms with van der Waals surface area (Å²) < 4.78 is 0. The molecule has 0 radical (unpaired) electrons. The zero-order chi connectivity index (χ0) is 14.5. The molecule has 2 aromatic rings. The highest BCUT2D eigenvalue weighted by atomic mass is 16.4. The molecule has 102 valence electrons. The van der Waals surface area contributed by atoms with Crippen LogP contribution in [0.25, 0.3) is 11.1 Å². The Balaban J connectivity index is 2.19. The number of rotatable bonds is 4. The van der Waals surface area contributed by atoms with E-state index < -0.39 is 5.97 Å². The SMILES string of the molecule is CN(C)N=Nc1ccc(-c2ccc(C(=O)O)cc2)cc1. The molecule has 0 aromatic heterocycles. The first kappa shape index (κ1) is 13.7. The van der Waals surface area contributed by atoms with Crippen molar-refractivity contribution in [3.63, 3.8) is 0 Å². The van der Waals surface area contributed by atoms with Crippen molar-refractivity contribution >= 4 is 11.7 Å². The van der Waals surface area contributed by atoms with Gasteiger partial charge in [-0.2, -0.15) is 0 Å². The zero-order valence-electron chi connectivity index (χ0n) is 11.3. The van der Waals surface area contributed by atoms with Crippen molar-refractivity contribution in [3.05, 3.63) is 54.1 Å². The molecule has 0 fully saturated rings. The third kappa shape index (κ3) is 3.41. The van der Waals surface area contributed by atoms with E-state index in [0.717, 1.165) is 16.8 Å². The Morgan fingerprint density at radius 3 is 1.90 bits per heavy atom. The predicted molar refractivity (Wildman–Crippen MR) is 77.0 cm³/mol. The number of benzene rings is 2. The maximum Gasteiger partial charge on any atom is 0.335 e. The van der Waals surface area contributed by atoms with Gasteiger partial charge in [-0.1, -0.05) is 29.5 Å². The van der Waals surface area contributed by atoms with Crippen molar-refractivity contribution < 1.29 is 9.90 Å². The summed E-state index contributed by atoms with van der Waals surface area (Å²) in [6.07, 6.45) is 0. The minimum Gasteiger partial charge on any atom is -0.478 e. The summed E-state index contributed by atoms with van der Waals surface area (Å²) in [6.45, 7) is 0. The summed E-state index contributed by atoms with van der Waals surface area (Å²) in [4.78, 5) is 10.8. The molecular weight excluding hydrogens is 254 g/mol. The van der Waals surface area contributed by atoms with Gasteiger partial charge >= 0.3 is 5.97 Å². The van der Waals surface area contributed by atoms with Crippen molar-refractivity contribution in [1.29, 1.82) is 0 Å².